The van der Waals surface area contributed by atoms with Crippen molar-refractivity contribution >= 4 is 28.9 Å². The van der Waals surface area contributed by atoms with Crippen molar-refractivity contribution in [2.75, 3.05) is 5.73 Å². The van der Waals surface area contributed by atoms with Gasteiger partial charge in [-0.25, -0.2) is 4.98 Å². The van der Waals surface area contributed by atoms with Gasteiger partial charge in [0, 0.05) is 29.5 Å². The van der Waals surface area contributed by atoms with E-state index in [1.165, 1.54) is 12.1 Å². The molecule has 22 heavy (non-hydrogen) atoms. The van der Waals surface area contributed by atoms with Crippen LogP contribution >= 0.6 is 0 Å². The maximum absolute atomic E-state index is 9.72. The molecule has 0 bridgehead atoms. The van der Waals surface area contributed by atoms with Gasteiger partial charge in [0.2, 0.25) is 5.89 Å². The lowest BCUT2D eigenvalue weighted by molar-refractivity contribution is 0.473. The van der Waals surface area contributed by atoms with E-state index in [1.807, 2.05) is 0 Å². The molecule has 1 heterocycles. The molecular formula is C17H14N2O3. The van der Waals surface area contributed by atoms with Gasteiger partial charge in [-0.3, -0.25) is 0 Å². The molecule has 2 aromatic carbocycles. The Bertz CT molecular complexity index is 879. The molecule has 1 aromatic heterocycles. The number of nitrogen functional groups attached to an aromatic ring is 1. The van der Waals surface area contributed by atoms with Crippen LogP contribution in [0.15, 0.2) is 53.0 Å². The van der Waals surface area contributed by atoms with Gasteiger partial charge in [-0.1, -0.05) is 18.2 Å². The average molecular weight is 294 g/mol. The summed E-state index contributed by atoms with van der Waals surface area (Å²) in [6.45, 7) is 0. The Morgan fingerprint density at radius 3 is 2.64 bits per heavy atom. The molecule has 0 aliphatic heterocycles. The molecule has 0 unspecified atom stereocenters. The minimum Gasteiger partial charge on any atom is -0.508 e. The summed E-state index contributed by atoms with van der Waals surface area (Å²) in [6.07, 6.45) is 6.96. The van der Waals surface area contributed by atoms with Crippen molar-refractivity contribution in [3.05, 3.63) is 60.0 Å². The number of rotatable bonds is 3. The van der Waals surface area contributed by atoms with E-state index in [0.717, 1.165) is 0 Å². The number of nitrogens with zero attached hydrogens (tertiary/aromatic N) is 1. The highest BCUT2D eigenvalue weighted by Gasteiger charge is 2.03. The Labute approximate surface area is 126 Å². The van der Waals surface area contributed by atoms with Crippen LogP contribution in [-0.2, 0) is 0 Å². The van der Waals surface area contributed by atoms with E-state index in [2.05, 4.69) is 4.98 Å². The van der Waals surface area contributed by atoms with Gasteiger partial charge in [0.25, 0.3) is 0 Å². The lowest BCUT2D eigenvalue weighted by Crippen LogP contribution is -1.84. The second-order valence-electron chi connectivity index (χ2n) is 4.74. The van der Waals surface area contributed by atoms with Gasteiger partial charge in [-0.05, 0) is 24.3 Å². The van der Waals surface area contributed by atoms with Crippen LogP contribution in [0.4, 0.5) is 5.69 Å². The largest absolute Gasteiger partial charge is 0.508 e. The quantitative estimate of drug-likeness (QED) is 0.507. The van der Waals surface area contributed by atoms with Crippen molar-refractivity contribution in [1.29, 1.82) is 0 Å². The van der Waals surface area contributed by atoms with Gasteiger partial charge in [0.1, 0.15) is 17.0 Å². The third-order valence-corrected chi connectivity index (χ3v) is 3.07. The lowest BCUT2D eigenvalue weighted by Gasteiger charge is -1.99. The fourth-order valence-corrected chi connectivity index (χ4v) is 2.00. The first-order valence-corrected chi connectivity index (χ1v) is 6.64. The van der Waals surface area contributed by atoms with Gasteiger partial charge >= 0.3 is 0 Å². The summed E-state index contributed by atoms with van der Waals surface area (Å²) in [7, 11) is 0. The smallest absolute Gasteiger partial charge is 0.219 e. The Kier molecular flexibility index (Phi) is 3.53. The van der Waals surface area contributed by atoms with E-state index in [0.29, 0.717) is 28.2 Å². The zero-order valence-electron chi connectivity index (χ0n) is 11.6. The zero-order valence-corrected chi connectivity index (χ0v) is 11.6. The monoisotopic (exact) mass is 294 g/mol. The van der Waals surface area contributed by atoms with E-state index < -0.39 is 0 Å². The molecule has 0 radical (unpaired) electrons. The Hall–Kier alpha value is -3.21. The summed E-state index contributed by atoms with van der Waals surface area (Å²) in [5.74, 6) is 0.701. The molecule has 3 rings (SSSR count). The molecule has 0 atom stereocenters. The van der Waals surface area contributed by atoms with Crippen molar-refractivity contribution in [2.24, 2.45) is 0 Å². The fraction of sp³-hybridized carbons (Fsp3) is 0. The van der Waals surface area contributed by atoms with Gasteiger partial charge in [0.05, 0.1) is 0 Å². The number of fused-ring (bicyclic) bond motifs is 1. The second-order valence-corrected chi connectivity index (χ2v) is 4.74. The Morgan fingerprint density at radius 1 is 1.00 bits per heavy atom. The van der Waals surface area contributed by atoms with Gasteiger partial charge in [-0.2, -0.15) is 0 Å². The number of allylic oxidation sites excluding steroid dienone is 2. The average Bonchev–Trinajstić information content (AvgIpc) is 2.87. The number of hydrogen-bond acceptors (Lipinski definition) is 5. The highest BCUT2D eigenvalue weighted by atomic mass is 16.3. The summed E-state index contributed by atoms with van der Waals surface area (Å²) < 4.78 is 5.48. The SMILES string of the molecule is Nc1ccc(/C=C/C=C/c2nc3ccc(O)cc3o2)c(O)c1. The van der Waals surface area contributed by atoms with E-state index in [4.69, 9.17) is 10.2 Å². The minimum atomic E-state index is 0.127. The first-order valence-electron chi connectivity index (χ1n) is 6.64. The highest BCUT2D eigenvalue weighted by molar-refractivity contribution is 5.75. The van der Waals surface area contributed by atoms with Crippen LogP contribution in [0.3, 0.4) is 0 Å². The highest BCUT2D eigenvalue weighted by Crippen LogP contribution is 2.22. The van der Waals surface area contributed by atoms with Crippen molar-refractivity contribution in [3.8, 4) is 11.5 Å². The third-order valence-electron chi connectivity index (χ3n) is 3.07. The van der Waals surface area contributed by atoms with Crippen LogP contribution in [0.1, 0.15) is 11.5 Å². The Balaban J connectivity index is 1.76. The maximum Gasteiger partial charge on any atom is 0.219 e. The number of phenolic OH excluding ortho intramolecular Hbond substituents is 2. The molecule has 0 saturated heterocycles. The van der Waals surface area contributed by atoms with E-state index >= 15 is 0 Å². The topological polar surface area (TPSA) is 92.5 Å². The van der Waals surface area contributed by atoms with Crippen molar-refractivity contribution in [1.82, 2.24) is 4.98 Å². The predicted octanol–water partition coefficient (Wildman–Crippen LogP) is 3.55. The van der Waals surface area contributed by atoms with Gasteiger partial charge < -0.3 is 20.4 Å². The standard InChI is InChI=1S/C17H14N2O3/c18-12-6-5-11(15(21)9-12)3-1-2-4-17-19-14-8-7-13(20)10-16(14)22-17/h1-10,20-21H,18H2/b3-1+,4-2+. The molecule has 5 nitrogen and oxygen atoms in total. The molecule has 5 heteroatoms. The summed E-state index contributed by atoms with van der Waals surface area (Å²) in [6, 6.07) is 9.71. The van der Waals surface area contributed by atoms with Crippen molar-refractivity contribution in [3.63, 3.8) is 0 Å². The number of aromatic hydroxyl groups is 2. The number of anilines is 1. The third kappa shape index (κ3) is 2.93. The molecule has 0 saturated carbocycles. The number of nitrogens with two attached hydrogens (primary N) is 1. The number of oxazole rings is 1. The van der Waals surface area contributed by atoms with Crippen LogP contribution in [0.2, 0.25) is 0 Å². The number of aromatic nitrogens is 1. The summed E-state index contributed by atoms with van der Waals surface area (Å²) in [5.41, 5.74) is 7.96. The zero-order chi connectivity index (χ0) is 15.5. The summed E-state index contributed by atoms with van der Waals surface area (Å²) in [4.78, 5) is 4.26. The summed E-state index contributed by atoms with van der Waals surface area (Å²) >= 11 is 0. The van der Waals surface area contributed by atoms with E-state index in [1.54, 1.807) is 48.6 Å². The van der Waals surface area contributed by atoms with Crippen molar-refractivity contribution in [2.45, 2.75) is 0 Å². The Morgan fingerprint density at radius 2 is 1.82 bits per heavy atom. The molecule has 0 fully saturated rings. The first kappa shape index (κ1) is 13.8. The molecule has 0 amide bonds. The van der Waals surface area contributed by atoms with Crippen LogP contribution in [-0.4, -0.2) is 15.2 Å². The second kappa shape index (κ2) is 5.65. The van der Waals surface area contributed by atoms with Crippen LogP contribution < -0.4 is 5.73 Å². The lowest BCUT2D eigenvalue weighted by atomic mass is 10.1. The van der Waals surface area contributed by atoms with Crippen molar-refractivity contribution < 1.29 is 14.6 Å². The molecule has 0 aliphatic carbocycles. The number of phenols is 2. The number of benzene rings is 2. The number of hydrogen-bond donors (Lipinski definition) is 3. The molecule has 0 aliphatic rings. The predicted molar refractivity (Wildman–Crippen MR) is 86.3 cm³/mol. The first-order chi connectivity index (χ1) is 10.6. The van der Waals surface area contributed by atoms with Crippen LogP contribution in [0, 0.1) is 0 Å². The maximum atomic E-state index is 9.72. The molecular weight excluding hydrogens is 280 g/mol. The van der Waals surface area contributed by atoms with Gasteiger partial charge in [0.15, 0.2) is 5.58 Å². The van der Waals surface area contributed by atoms with Gasteiger partial charge in [-0.15, -0.1) is 0 Å². The molecule has 0 spiro atoms. The van der Waals surface area contributed by atoms with E-state index in [9.17, 15) is 10.2 Å². The van der Waals surface area contributed by atoms with E-state index in [-0.39, 0.29) is 11.5 Å². The molecule has 4 N–H and O–H groups in total. The molecule has 3 aromatic rings. The van der Waals surface area contributed by atoms with Crippen LogP contribution in [0.5, 0.6) is 11.5 Å². The van der Waals surface area contributed by atoms with Crippen LogP contribution in [0.25, 0.3) is 23.3 Å². The summed E-state index contributed by atoms with van der Waals surface area (Å²) in [5, 5.41) is 19.1. The minimum absolute atomic E-state index is 0.127. The fourth-order valence-electron chi connectivity index (χ4n) is 2.00. The normalized spacial score (nSPS) is 11.8. The molecule has 110 valence electrons.